The van der Waals surface area contributed by atoms with E-state index >= 15 is 0 Å². The van der Waals surface area contributed by atoms with Gasteiger partial charge in [-0.3, -0.25) is 9.48 Å². The molecule has 0 aliphatic heterocycles. The molecule has 0 saturated carbocycles. The van der Waals surface area contributed by atoms with Crippen molar-refractivity contribution in [2.45, 2.75) is 6.92 Å². The van der Waals surface area contributed by atoms with E-state index in [1.54, 1.807) is 37.2 Å². The van der Waals surface area contributed by atoms with Crippen LogP contribution in [0.3, 0.4) is 0 Å². The monoisotopic (exact) mass is 295 g/mol. The molecule has 0 aliphatic carbocycles. The summed E-state index contributed by atoms with van der Waals surface area (Å²) in [7, 11) is 1.80. The van der Waals surface area contributed by atoms with Gasteiger partial charge in [-0.25, -0.2) is 19.9 Å². The molecule has 110 valence electrons. The number of carbonyl (C=O) groups excluding carboxylic acids is 1. The summed E-state index contributed by atoms with van der Waals surface area (Å²) in [5.41, 5.74) is 8.19. The predicted octanol–water partition coefficient (Wildman–Crippen LogP) is 0.741. The van der Waals surface area contributed by atoms with Gasteiger partial charge in [-0.05, 0) is 13.0 Å². The Morgan fingerprint density at radius 1 is 1.23 bits per heavy atom. The number of rotatable bonds is 3. The molecule has 2 N–H and O–H groups in total. The number of hydrogen-bond acceptors (Lipinski definition) is 6. The molecule has 0 aromatic carbocycles. The van der Waals surface area contributed by atoms with E-state index in [4.69, 9.17) is 5.73 Å². The Balaban J connectivity index is 2.28. The highest BCUT2D eigenvalue weighted by Gasteiger charge is 2.18. The summed E-state index contributed by atoms with van der Waals surface area (Å²) in [6.07, 6.45) is 6.23. The Morgan fingerprint density at radius 2 is 1.95 bits per heavy atom. The molecule has 3 rings (SSSR count). The second kappa shape index (κ2) is 5.32. The van der Waals surface area contributed by atoms with Crippen molar-refractivity contribution in [2.24, 2.45) is 12.8 Å². The molecule has 0 saturated heterocycles. The molecule has 8 heteroatoms. The smallest absolute Gasteiger partial charge is 0.267 e. The summed E-state index contributed by atoms with van der Waals surface area (Å²) >= 11 is 0. The van der Waals surface area contributed by atoms with Crippen LogP contribution in [0.1, 0.15) is 16.1 Å². The van der Waals surface area contributed by atoms with Crippen molar-refractivity contribution in [3.63, 3.8) is 0 Å². The van der Waals surface area contributed by atoms with Gasteiger partial charge in [0.25, 0.3) is 5.91 Å². The van der Waals surface area contributed by atoms with Crippen LogP contribution >= 0.6 is 0 Å². The van der Waals surface area contributed by atoms with Gasteiger partial charge in [-0.15, -0.1) is 0 Å². The summed E-state index contributed by atoms with van der Waals surface area (Å²) in [6, 6.07) is 1.81. The van der Waals surface area contributed by atoms with E-state index in [2.05, 4.69) is 25.0 Å². The molecule has 0 unspecified atom stereocenters. The topological polar surface area (TPSA) is 112 Å². The minimum atomic E-state index is -0.610. The fraction of sp³-hybridized carbons (Fsp3) is 0.143. The molecule has 0 fully saturated rings. The highest BCUT2D eigenvalue weighted by Crippen LogP contribution is 2.25. The summed E-state index contributed by atoms with van der Waals surface area (Å²) in [6.45, 7) is 1.76. The van der Waals surface area contributed by atoms with E-state index in [0.29, 0.717) is 22.6 Å². The van der Waals surface area contributed by atoms with Crippen molar-refractivity contribution in [3.05, 3.63) is 42.2 Å². The van der Waals surface area contributed by atoms with Crippen LogP contribution in [-0.4, -0.2) is 35.6 Å². The lowest BCUT2D eigenvalue weighted by Gasteiger charge is -2.11. The van der Waals surface area contributed by atoms with Crippen LogP contribution in [0.2, 0.25) is 0 Å². The molecule has 0 bridgehead atoms. The van der Waals surface area contributed by atoms with Crippen molar-refractivity contribution in [3.8, 4) is 22.8 Å². The minimum absolute atomic E-state index is 0.171. The third kappa shape index (κ3) is 2.30. The number of aryl methyl sites for hydroxylation is 1. The second-order valence-electron chi connectivity index (χ2n) is 4.70. The van der Waals surface area contributed by atoms with Crippen LogP contribution in [-0.2, 0) is 7.05 Å². The highest BCUT2D eigenvalue weighted by atomic mass is 16.1. The van der Waals surface area contributed by atoms with E-state index in [9.17, 15) is 4.79 Å². The zero-order valence-electron chi connectivity index (χ0n) is 12.1. The molecular formula is C14H13N7O. The van der Waals surface area contributed by atoms with Gasteiger partial charge in [0.05, 0.1) is 17.0 Å². The molecule has 0 spiro atoms. The number of aromatic nitrogens is 6. The molecule has 3 aromatic heterocycles. The lowest BCUT2D eigenvalue weighted by Crippen LogP contribution is -2.17. The van der Waals surface area contributed by atoms with Crippen LogP contribution in [0.4, 0.5) is 0 Å². The highest BCUT2D eigenvalue weighted by molar-refractivity contribution is 5.94. The Bertz CT molecular complexity index is 842. The van der Waals surface area contributed by atoms with Crippen molar-refractivity contribution < 1.29 is 4.79 Å². The van der Waals surface area contributed by atoms with Gasteiger partial charge in [-0.2, -0.15) is 5.10 Å². The van der Waals surface area contributed by atoms with Crippen molar-refractivity contribution in [2.75, 3.05) is 0 Å². The minimum Gasteiger partial charge on any atom is -0.364 e. The van der Waals surface area contributed by atoms with Crippen molar-refractivity contribution >= 4 is 5.91 Å². The lowest BCUT2D eigenvalue weighted by molar-refractivity contribution is 0.0995. The fourth-order valence-electron chi connectivity index (χ4n) is 2.16. The van der Waals surface area contributed by atoms with Crippen molar-refractivity contribution in [1.29, 1.82) is 0 Å². The first kappa shape index (κ1) is 13.8. The predicted molar refractivity (Wildman–Crippen MR) is 78.5 cm³/mol. The number of amides is 1. The van der Waals surface area contributed by atoms with E-state index in [1.807, 2.05) is 6.07 Å². The van der Waals surface area contributed by atoms with Gasteiger partial charge in [-0.1, -0.05) is 0 Å². The number of nitrogens with zero attached hydrogens (tertiary/aromatic N) is 6. The molecule has 0 radical (unpaired) electrons. The van der Waals surface area contributed by atoms with Gasteiger partial charge in [0.15, 0.2) is 5.82 Å². The third-order valence-corrected chi connectivity index (χ3v) is 3.26. The van der Waals surface area contributed by atoms with Crippen LogP contribution in [0, 0.1) is 6.92 Å². The van der Waals surface area contributed by atoms with Gasteiger partial charge in [0.2, 0.25) is 0 Å². The first-order valence-electron chi connectivity index (χ1n) is 6.50. The van der Waals surface area contributed by atoms with Crippen LogP contribution in [0.15, 0.2) is 31.0 Å². The van der Waals surface area contributed by atoms with Crippen molar-refractivity contribution in [1.82, 2.24) is 29.7 Å². The normalized spacial score (nSPS) is 10.6. The maximum absolute atomic E-state index is 11.7. The molecule has 0 aliphatic rings. The summed E-state index contributed by atoms with van der Waals surface area (Å²) < 4.78 is 1.67. The largest absolute Gasteiger partial charge is 0.364 e. The summed E-state index contributed by atoms with van der Waals surface area (Å²) in [4.78, 5) is 28.4. The average Bonchev–Trinajstić information content (AvgIpc) is 2.94. The first-order valence-corrected chi connectivity index (χ1v) is 6.50. The quantitative estimate of drug-likeness (QED) is 0.762. The van der Waals surface area contributed by atoms with Gasteiger partial charge in [0.1, 0.15) is 12.0 Å². The molecule has 0 atom stereocenters. The van der Waals surface area contributed by atoms with Gasteiger partial charge >= 0.3 is 0 Å². The summed E-state index contributed by atoms with van der Waals surface area (Å²) in [5, 5.41) is 4.13. The Hall–Kier alpha value is -3.16. The van der Waals surface area contributed by atoms with Gasteiger partial charge < -0.3 is 5.73 Å². The Kier molecular flexibility index (Phi) is 3.34. The first-order chi connectivity index (χ1) is 10.6. The lowest BCUT2D eigenvalue weighted by atomic mass is 10.1. The standard InChI is InChI=1S/C14H13N7O/c1-8-11(10-3-4-18-21(10)2)19-14(20-12(8)13(15)22)9-5-16-7-17-6-9/h3-7H,1-2H3,(H2,15,22). The SMILES string of the molecule is Cc1c(C(N)=O)nc(-c2cncnc2)nc1-c1ccnn1C. The molecule has 3 aromatic rings. The molecule has 22 heavy (non-hydrogen) atoms. The maximum Gasteiger partial charge on any atom is 0.267 e. The Labute approximate surface area is 126 Å². The second-order valence-corrected chi connectivity index (χ2v) is 4.70. The van der Waals surface area contributed by atoms with E-state index in [1.165, 1.54) is 6.33 Å². The molecule has 1 amide bonds. The van der Waals surface area contributed by atoms with Crippen LogP contribution in [0.25, 0.3) is 22.8 Å². The molecule has 3 heterocycles. The Morgan fingerprint density at radius 3 is 2.55 bits per heavy atom. The maximum atomic E-state index is 11.7. The molecule has 8 nitrogen and oxygen atoms in total. The number of carbonyl (C=O) groups is 1. The molecular weight excluding hydrogens is 282 g/mol. The van der Waals surface area contributed by atoms with E-state index < -0.39 is 5.91 Å². The summed E-state index contributed by atoms with van der Waals surface area (Å²) in [5.74, 6) is -0.266. The number of primary amides is 1. The van der Waals surface area contributed by atoms with Crippen LogP contribution in [0.5, 0.6) is 0 Å². The zero-order valence-corrected chi connectivity index (χ0v) is 12.1. The van der Waals surface area contributed by atoms with E-state index in [-0.39, 0.29) is 5.69 Å². The average molecular weight is 295 g/mol. The van der Waals surface area contributed by atoms with Crippen LogP contribution < -0.4 is 5.73 Å². The van der Waals surface area contributed by atoms with Gasteiger partial charge in [0, 0.05) is 31.2 Å². The number of hydrogen-bond donors (Lipinski definition) is 1. The number of nitrogens with two attached hydrogens (primary N) is 1. The fourth-order valence-corrected chi connectivity index (χ4v) is 2.16. The zero-order chi connectivity index (χ0) is 15.7. The van der Waals surface area contributed by atoms with E-state index in [0.717, 1.165) is 5.69 Å². The third-order valence-electron chi connectivity index (χ3n) is 3.26.